The van der Waals surface area contributed by atoms with E-state index in [4.69, 9.17) is 0 Å². The Morgan fingerprint density at radius 3 is 2.17 bits per heavy atom. The number of rotatable bonds is 3. The van der Waals surface area contributed by atoms with Crippen LogP contribution in [0.15, 0.2) is 23.1 Å². The number of benzene rings is 1. The van der Waals surface area contributed by atoms with Gasteiger partial charge in [0.25, 0.3) is 0 Å². The molecule has 23 heavy (non-hydrogen) atoms. The molecule has 0 unspecified atom stereocenters. The Balaban J connectivity index is 1.67. The van der Waals surface area contributed by atoms with Gasteiger partial charge in [-0.1, -0.05) is 12.5 Å². The molecule has 0 bridgehead atoms. The van der Waals surface area contributed by atoms with Crippen molar-refractivity contribution in [3.63, 3.8) is 0 Å². The van der Waals surface area contributed by atoms with Gasteiger partial charge in [0.2, 0.25) is 10.0 Å². The van der Waals surface area contributed by atoms with E-state index in [1.165, 1.54) is 32.4 Å². The molecule has 1 aromatic rings. The standard InChI is InChI=1S/C18H28N2O2S/c1-15-6-7-18(14-16(15)2)23(21,22)20-12-8-17(9-13-20)19-10-4-3-5-11-19/h6-7,14,17H,3-5,8-13H2,1-2H3. The topological polar surface area (TPSA) is 40.6 Å². The third-order valence-electron chi connectivity index (χ3n) is 5.45. The molecule has 1 aromatic carbocycles. The molecule has 5 heteroatoms. The summed E-state index contributed by atoms with van der Waals surface area (Å²) in [5.74, 6) is 0. The first kappa shape index (κ1) is 16.9. The molecule has 0 radical (unpaired) electrons. The molecule has 0 amide bonds. The molecule has 0 aliphatic carbocycles. The summed E-state index contributed by atoms with van der Waals surface area (Å²) in [6, 6.07) is 6.03. The lowest BCUT2D eigenvalue weighted by Crippen LogP contribution is -2.48. The van der Waals surface area contributed by atoms with Crippen molar-refractivity contribution < 1.29 is 8.42 Å². The highest BCUT2D eigenvalue weighted by Crippen LogP contribution is 2.26. The zero-order chi connectivity index (χ0) is 16.4. The van der Waals surface area contributed by atoms with E-state index in [0.717, 1.165) is 24.0 Å². The lowest BCUT2D eigenvalue weighted by Gasteiger charge is -2.39. The van der Waals surface area contributed by atoms with Crippen molar-refractivity contribution in [2.75, 3.05) is 26.2 Å². The maximum Gasteiger partial charge on any atom is 0.243 e. The highest BCUT2D eigenvalue weighted by atomic mass is 32.2. The average Bonchev–Trinajstić information content (AvgIpc) is 2.58. The smallest absolute Gasteiger partial charge is 0.243 e. The highest BCUT2D eigenvalue weighted by molar-refractivity contribution is 7.89. The Hall–Kier alpha value is -0.910. The Morgan fingerprint density at radius 1 is 0.913 bits per heavy atom. The molecule has 0 atom stereocenters. The molecule has 0 spiro atoms. The first-order valence-corrected chi connectivity index (χ1v) is 10.2. The van der Waals surface area contributed by atoms with Crippen molar-refractivity contribution in [1.29, 1.82) is 0 Å². The summed E-state index contributed by atoms with van der Waals surface area (Å²) in [5, 5.41) is 0. The van der Waals surface area contributed by atoms with Gasteiger partial charge in [-0.05, 0) is 75.9 Å². The van der Waals surface area contributed by atoms with Gasteiger partial charge < -0.3 is 4.90 Å². The fourth-order valence-corrected chi connectivity index (χ4v) is 5.31. The predicted molar refractivity (Wildman–Crippen MR) is 93.1 cm³/mol. The lowest BCUT2D eigenvalue weighted by atomic mass is 10.0. The van der Waals surface area contributed by atoms with Crippen LogP contribution in [-0.2, 0) is 10.0 Å². The van der Waals surface area contributed by atoms with Crippen LogP contribution in [0.2, 0.25) is 0 Å². The second kappa shape index (κ2) is 6.91. The molecule has 2 fully saturated rings. The summed E-state index contributed by atoms with van der Waals surface area (Å²) in [6.45, 7) is 7.66. The number of sulfonamides is 1. The molecule has 0 N–H and O–H groups in total. The first-order valence-electron chi connectivity index (χ1n) is 8.80. The quantitative estimate of drug-likeness (QED) is 0.852. The summed E-state index contributed by atoms with van der Waals surface area (Å²) in [7, 11) is -3.34. The summed E-state index contributed by atoms with van der Waals surface area (Å²) >= 11 is 0. The Labute approximate surface area is 140 Å². The second-order valence-corrected chi connectivity index (χ2v) is 8.92. The van der Waals surface area contributed by atoms with E-state index in [1.54, 1.807) is 16.4 Å². The van der Waals surface area contributed by atoms with Crippen molar-refractivity contribution in [2.24, 2.45) is 0 Å². The molecular formula is C18H28N2O2S. The fraction of sp³-hybridized carbons (Fsp3) is 0.667. The van der Waals surface area contributed by atoms with Crippen LogP contribution in [0.25, 0.3) is 0 Å². The number of hydrogen-bond acceptors (Lipinski definition) is 3. The molecule has 0 saturated carbocycles. The fourth-order valence-electron chi connectivity index (χ4n) is 3.75. The van der Waals surface area contributed by atoms with E-state index in [1.807, 2.05) is 19.9 Å². The van der Waals surface area contributed by atoms with Gasteiger partial charge in [-0.15, -0.1) is 0 Å². The van der Waals surface area contributed by atoms with Crippen LogP contribution < -0.4 is 0 Å². The predicted octanol–water partition coefficient (Wildman–Crippen LogP) is 2.94. The van der Waals surface area contributed by atoms with Gasteiger partial charge in [-0.2, -0.15) is 4.31 Å². The Bertz CT molecular complexity index is 643. The molecule has 2 aliphatic rings. The molecular weight excluding hydrogens is 308 g/mol. The number of piperidine rings is 2. The van der Waals surface area contributed by atoms with Gasteiger partial charge in [-0.25, -0.2) is 8.42 Å². The normalized spacial score (nSPS) is 22.3. The maximum absolute atomic E-state index is 12.8. The van der Waals surface area contributed by atoms with Crippen molar-refractivity contribution in [3.05, 3.63) is 29.3 Å². The van der Waals surface area contributed by atoms with Gasteiger partial charge in [0, 0.05) is 19.1 Å². The minimum Gasteiger partial charge on any atom is -0.300 e. The van der Waals surface area contributed by atoms with Gasteiger partial charge in [0.1, 0.15) is 0 Å². The highest BCUT2D eigenvalue weighted by Gasteiger charge is 2.32. The summed E-state index contributed by atoms with van der Waals surface area (Å²) < 4.78 is 27.4. The van der Waals surface area contributed by atoms with Crippen LogP contribution in [-0.4, -0.2) is 49.8 Å². The second-order valence-electron chi connectivity index (χ2n) is 6.98. The zero-order valence-electron chi connectivity index (χ0n) is 14.3. The third-order valence-corrected chi connectivity index (χ3v) is 7.34. The summed E-state index contributed by atoms with van der Waals surface area (Å²) in [6.07, 6.45) is 5.85. The van der Waals surface area contributed by atoms with Crippen LogP contribution in [0, 0.1) is 13.8 Å². The maximum atomic E-state index is 12.8. The van der Waals surface area contributed by atoms with E-state index in [0.29, 0.717) is 24.0 Å². The third kappa shape index (κ3) is 3.62. The molecule has 3 rings (SSSR count). The molecule has 4 nitrogen and oxygen atoms in total. The van der Waals surface area contributed by atoms with E-state index in [-0.39, 0.29) is 0 Å². The lowest BCUT2D eigenvalue weighted by molar-refractivity contribution is 0.118. The number of likely N-dealkylation sites (tertiary alicyclic amines) is 1. The van der Waals surface area contributed by atoms with Crippen molar-refractivity contribution in [2.45, 2.75) is 56.9 Å². The van der Waals surface area contributed by atoms with Crippen molar-refractivity contribution >= 4 is 10.0 Å². The molecule has 2 heterocycles. The Morgan fingerprint density at radius 2 is 1.57 bits per heavy atom. The number of aryl methyl sites for hydroxylation is 2. The van der Waals surface area contributed by atoms with Crippen LogP contribution in [0.4, 0.5) is 0 Å². The van der Waals surface area contributed by atoms with Crippen LogP contribution in [0.3, 0.4) is 0 Å². The SMILES string of the molecule is Cc1ccc(S(=O)(=O)N2CCC(N3CCCCC3)CC2)cc1C. The number of nitrogens with zero attached hydrogens (tertiary/aromatic N) is 2. The minimum absolute atomic E-state index is 0.442. The minimum atomic E-state index is -3.34. The molecule has 2 aliphatic heterocycles. The van der Waals surface area contributed by atoms with Crippen molar-refractivity contribution in [1.82, 2.24) is 9.21 Å². The van der Waals surface area contributed by atoms with Gasteiger partial charge >= 0.3 is 0 Å². The summed E-state index contributed by atoms with van der Waals surface area (Å²) in [5.41, 5.74) is 2.17. The van der Waals surface area contributed by atoms with Crippen LogP contribution in [0.5, 0.6) is 0 Å². The van der Waals surface area contributed by atoms with Crippen molar-refractivity contribution in [3.8, 4) is 0 Å². The number of hydrogen-bond donors (Lipinski definition) is 0. The van der Waals surface area contributed by atoms with Crippen LogP contribution >= 0.6 is 0 Å². The van der Waals surface area contributed by atoms with E-state index in [9.17, 15) is 8.42 Å². The first-order chi connectivity index (χ1) is 11.0. The van der Waals surface area contributed by atoms with E-state index < -0.39 is 10.0 Å². The van der Waals surface area contributed by atoms with Gasteiger partial charge in [0.15, 0.2) is 0 Å². The average molecular weight is 337 g/mol. The zero-order valence-corrected chi connectivity index (χ0v) is 15.1. The summed E-state index contributed by atoms with van der Waals surface area (Å²) in [4.78, 5) is 3.01. The van der Waals surface area contributed by atoms with Crippen LogP contribution in [0.1, 0.15) is 43.2 Å². The molecule has 128 valence electrons. The molecule has 2 saturated heterocycles. The van der Waals surface area contributed by atoms with Gasteiger partial charge in [-0.3, -0.25) is 0 Å². The van der Waals surface area contributed by atoms with E-state index in [2.05, 4.69) is 4.90 Å². The van der Waals surface area contributed by atoms with E-state index >= 15 is 0 Å². The van der Waals surface area contributed by atoms with Gasteiger partial charge in [0.05, 0.1) is 4.90 Å². The molecule has 0 aromatic heterocycles. The monoisotopic (exact) mass is 336 g/mol. The Kier molecular flexibility index (Phi) is 5.09. The largest absolute Gasteiger partial charge is 0.300 e.